The van der Waals surface area contributed by atoms with Crippen molar-refractivity contribution < 1.29 is 0 Å². The number of hydrogen-bond donors (Lipinski definition) is 1. The summed E-state index contributed by atoms with van der Waals surface area (Å²) in [5.74, 6) is 2.12. The summed E-state index contributed by atoms with van der Waals surface area (Å²) in [6.07, 6.45) is 1.03. The van der Waals surface area contributed by atoms with Crippen molar-refractivity contribution in [3.63, 3.8) is 0 Å². The molecule has 0 fully saturated rings. The molecule has 0 saturated carbocycles. The van der Waals surface area contributed by atoms with Gasteiger partial charge in [-0.1, -0.05) is 26.8 Å². The van der Waals surface area contributed by atoms with E-state index in [0.717, 1.165) is 24.3 Å². The van der Waals surface area contributed by atoms with Crippen molar-refractivity contribution in [2.24, 2.45) is 18.7 Å². The van der Waals surface area contributed by atoms with Crippen LogP contribution in [0.2, 0.25) is 0 Å². The van der Waals surface area contributed by atoms with Crippen LogP contribution in [0, 0.1) is 5.92 Å². The second kappa shape index (κ2) is 5.11. The quantitative estimate of drug-likeness (QED) is 0.900. The molecular formula is C15H23N3. The van der Waals surface area contributed by atoms with Gasteiger partial charge in [0.1, 0.15) is 5.82 Å². The molecule has 3 heteroatoms. The van der Waals surface area contributed by atoms with Crippen molar-refractivity contribution in [2.45, 2.75) is 33.1 Å². The smallest absolute Gasteiger partial charge is 0.112 e. The molecule has 0 radical (unpaired) electrons. The zero-order chi connectivity index (χ0) is 13.3. The number of imidazole rings is 1. The monoisotopic (exact) mass is 245 g/mol. The van der Waals surface area contributed by atoms with Gasteiger partial charge in [0.25, 0.3) is 0 Å². The van der Waals surface area contributed by atoms with Gasteiger partial charge in [0.05, 0.1) is 11.0 Å². The van der Waals surface area contributed by atoms with Gasteiger partial charge in [-0.25, -0.2) is 4.98 Å². The third kappa shape index (κ3) is 2.41. The van der Waals surface area contributed by atoms with Crippen molar-refractivity contribution in [1.29, 1.82) is 0 Å². The molecule has 1 unspecified atom stereocenters. The van der Waals surface area contributed by atoms with Crippen molar-refractivity contribution in [1.82, 2.24) is 9.55 Å². The molecule has 0 aliphatic heterocycles. The van der Waals surface area contributed by atoms with Crippen LogP contribution in [-0.4, -0.2) is 16.1 Å². The average molecular weight is 245 g/mol. The van der Waals surface area contributed by atoms with Gasteiger partial charge in [-0.3, -0.25) is 0 Å². The summed E-state index contributed by atoms with van der Waals surface area (Å²) in [6.45, 7) is 7.27. The molecule has 1 atom stereocenters. The van der Waals surface area contributed by atoms with E-state index < -0.39 is 0 Å². The minimum atomic E-state index is 0.453. The van der Waals surface area contributed by atoms with E-state index in [1.165, 1.54) is 11.1 Å². The van der Waals surface area contributed by atoms with E-state index in [1.807, 2.05) is 0 Å². The number of nitrogens with zero attached hydrogens (tertiary/aromatic N) is 2. The van der Waals surface area contributed by atoms with E-state index in [4.69, 9.17) is 10.7 Å². The Morgan fingerprint density at radius 2 is 2.00 bits per heavy atom. The van der Waals surface area contributed by atoms with E-state index in [1.54, 1.807) is 0 Å². The van der Waals surface area contributed by atoms with Crippen molar-refractivity contribution in [3.8, 4) is 0 Å². The molecule has 3 nitrogen and oxygen atoms in total. The molecule has 0 aliphatic rings. The maximum atomic E-state index is 5.68. The standard InChI is InChI=1S/C15H23N3/c1-10(2)15-17-13-8-12(7-11(3)9-16)5-6-14(13)18(15)4/h5-6,8,10-11H,7,9,16H2,1-4H3. The largest absolute Gasteiger partial charge is 0.331 e. The summed E-state index contributed by atoms with van der Waals surface area (Å²) in [7, 11) is 2.09. The molecule has 2 aromatic rings. The predicted octanol–water partition coefficient (Wildman–Crippen LogP) is 2.83. The number of nitrogens with two attached hydrogens (primary N) is 1. The number of aromatic nitrogens is 2. The lowest BCUT2D eigenvalue weighted by atomic mass is 10.0. The third-order valence-corrected chi connectivity index (χ3v) is 3.48. The molecule has 0 bridgehead atoms. The van der Waals surface area contributed by atoms with Crippen molar-refractivity contribution in [3.05, 3.63) is 29.6 Å². The van der Waals surface area contributed by atoms with E-state index in [2.05, 4.69) is 50.6 Å². The molecule has 1 aromatic carbocycles. The number of fused-ring (bicyclic) bond motifs is 1. The van der Waals surface area contributed by atoms with Gasteiger partial charge in [-0.15, -0.1) is 0 Å². The highest BCUT2D eigenvalue weighted by atomic mass is 15.1. The van der Waals surface area contributed by atoms with E-state index in [-0.39, 0.29) is 0 Å². The lowest BCUT2D eigenvalue weighted by Gasteiger charge is -2.08. The predicted molar refractivity (Wildman–Crippen MR) is 76.7 cm³/mol. The fraction of sp³-hybridized carbons (Fsp3) is 0.533. The van der Waals surface area contributed by atoms with Crippen LogP contribution in [0.1, 0.15) is 38.1 Å². The summed E-state index contributed by atoms with van der Waals surface area (Å²) in [5.41, 5.74) is 9.32. The van der Waals surface area contributed by atoms with Crippen LogP contribution < -0.4 is 5.73 Å². The molecule has 0 saturated heterocycles. The van der Waals surface area contributed by atoms with Crippen LogP contribution in [0.3, 0.4) is 0 Å². The Kier molecular flexibility index (Phi) is 3.71. The second-order valence-electron chi connectivity index (χ2n) is 5.55. The summed E-state index contributed by atoms with van der Waals surface area (Å²) in [5, 5.41) is 0. The highest BCUT2D eigenvalue weighted by molar-refractivity contribution is 5.77. The average Bonchev–Trinajstić information content (AvgIpc) is 2.66. The molecule has 0 spiro atoms. The van der Waals surface area contributed by atoms with Crippen LogP contribution in [0.15, 0.2) is 18.2 Å². The molecule has 0 aliphatic carbocycles. The fourth-order valence-corrected chi connectivity index (χ4v) is 2.39. The number of benzene rings is 1. The third-order valence-electron chi connectivity index (χ3n) is 3.48. The SMILES string of the molecule is CC(CN)Cc1ccc2c(c1)nc(C(C)C)n2C. The van der Waals surface area contributed by atoms with E-state index >= 15 is 0 Å². The summed E-state index contributed by atoms with van der Waals surface area (Å²) in [4.78, 5) is 4.74. The topological polar surface area (TPSA) is 43.8 Å². The molecule has 1 aromatic heterocycles. The van der Waals surface area contributed by atoms with Gasteiger partial charge in [-0.2, -0.15) is 0 Å². The molecular weight excluding hydrogens is 222 g/mol. The van der Waals surface area contributed by atoms with Crippen LogP contribution >= 0.6 is 0 Å². The molecule has 0 amide bonds. The van der Waals surface area contributed by atoms with Crippen LogP contribution in [-0.2, 0) is 13.5 Å². The number of aryl methyl sites for hydroxylation is 1. The Hall–Kier alpha value is -1.35. The normalized spacial score (nSPS) is 13.4. The second-order valence-corrected chi connectivity index (χ2v) is 5.55. The summed E-state index contributed by atoms with van der Waals surface area (Å²) < 4.78 is 2.19. The maximum absolute atomic E-state index is 5.68. The molecule has 98 valence electrons. The lowest BCUT2D eigenvalue weighted by Crippen LogP contribution is -2.12. The summed E-state index contributed by atoms with van der Waals surface area (Å²) >= 11 is 0. The van der Waals surface area contributed by atoms with Crippen molar-refractivity contribution >= 4 is 11.0 Å². The minimum Gasteiger partial charge on any atom is -0.331 e. The van der Waals surface area contributed by atoms with Gasteiger partial charge in [0, 0.05) is 13.0 Å². The molecule has 2 rings (SSSR count). The molecule has 2 N–H and O–H groups in total. The Balaban J connectivity index is 2.40. The summed E-state index contributed by atoms with van der Waals surface area (Å²) in [6, 6.07) is 6.57. The van der Waals surface area contributed by atoms with E-state index in [9.17, 15) is 0 Å². The first kappa shape index (κ1) is 13.1. The zero-order valence-electron chi connectivity index (χ0n) is 11.8. The maximum Gasteiger partial charge on any atom is 0.112 e. The van der Waals surface area contributed by atoms with Gasteiger partial charge >= 0.3 is 0 Å². The fourth-order valence-electron chi connectivity index (χ4n) is 2.39. The zero-order valence-corrected chi connectivity index (χ0v) is 11.8. The van der Waals surface area contributed by atoms with Crippen LogP contribution in [0.4, 0.5) is 0 Å². The number of hydrogen-bond acceptors (Lipinski definition) is 2. The Morgan fingerprint density at radius 3 is 2.61 bits per heavy atom. The van der Waals surface area contributed by atoms with Crippen molar-refractivity contribution in [2.75, 3.05) is 6.54 Å². The first-order valence-corrected chi connectivity index (χ1v) is 6.68. The van der Waals surface area contributed by atoms with Crippen LogP contribution in [0.25, 0.3) is 11.0 Å². The Bertz CT molecular complexity index is 540. The van der Waals surface area contributed by atoms with Crippen LogP contribution in [0.5, 0.6) is 0 Å². The molecule has 18 heavy (non-hydrogen) atoms. The van der Waals surface area contributed by atoms with Gasteiger partial charge < -0.3 is 10.3 Å². The number of rotatable bonds is 4. The minimum absolute atomic E-state index is 0.453. The Morgan fingerprint density at radius 1 is 1.28 bits per heavy atom. The highest BCUT2D eigenvalue weighted by Gasteiger charge is 2.11. The lowest BCUT2D eigenvalue weighted by molar-refractivity contribution is 0.593. The van der Waals surface area contributed by atoms with Gasteiger partial charge in [0.2, 0.25) is 0 Å². The first-order chi connectivity index (χ1) is 8.52. The Labute approximate surface area is 109 Å². The van der Waals surface area contributed by atoms with Gasteiger partial charge in [-0.05, 0) is 36.6 Å². The van der Waals surface area contributed by atoms with E-state index in [0.29, 0.717) is 11.8 Å². The highest BCUT2D eigenvalue weighted by Crippen LogP contribution is 2.22. The van der Waals surface area contributed by atoms with Gasteiger partial charge in [0.15, 0.2) is 0 Å². The molecule has 1 heterocycles. The first-order valence-electron chi connectivity index (χ1n) is 6.68.